The summed E-state index contributed by atoms with van der Waals surface area (Å²) >= 11 is 0. The number of rotatable bonds is 4. The smallest absolute Gasteiger partial charge is 0.446 e. The zero-order chi connectivity index (χ0) is 21.1. The van der Waals surface area contributed by atoms with Crippen molar-refractivity contribution >= 4 is 10.4 Å². The molecule has 30 heavy (non-hydrogen) atoms. The van der Waals surface area contributed by atoms with E-state index in [2.05, 4.69) is 7.05 Å². The van der Waals surface area contributed by atoms with Gasteiger partial charge >= 0.3 is 10.4 Å². The van der Waals surface area contributed by atoms with Gasteiger partial charge in [0.15, 0.2) is 11.5 Å². The first-order valence-corrected chi connectivity index (χ1v) is 12.2. The fraction of sp³-hybridized carbons (Fsp3) is 0.714. The molecule has 0 aromatic heterocycles. The highest BCUT2D eigenvalue weighted by Gasteiger charge is 2.76. The van der Waals surface area contributed by atoms with Crippen LogP contribution in [0.1, 0.15) is 43.2 Å². The van der Waals surface area contributed by atoms with Gasteiger partial charge in [0.1, 0.15) is 17.7 Å². The monoisotopic (exact) mass is 438 g/mol. The number of benzene rings is 1. The van der Waals surface area contributed by atoms with Crippen molar-refractivity contribution in [2.24, 2.45) is 5.92 Å². The number of aliphatic hydroxyl groups is 2. The Bertz CT molecular complexity index is 1040. The minimum atomic E-state index is -4.73. The highest BCUT2D eigenvalue weighted by molar-refractivity contribution is 7.81. The first kappa shape index (κ1) is 19.3. The van der Waals surface area contributed by atoms with Crippen molar-refractivity contribution in [2.45, 2.75) is 67.8 Å². The summed E-state index contributed by atoms with van der Waals surface area (Å²) in [5.41, 5.74) is -0.0612. The molecule has 6 rings (SSSR count). The van der Waals surface area contributed by atoms with Gasteiger partial charge in [0.05, 0.1) is 31.7 Å². The molecule has 1 unspecified atom stereocenters. The zero-order valence-corrected chi connectivity index (χ0v) is 17.8. The topological polar surface area (TPSA) is 113 Å². The van der Waals surface area contributed by atoms with Crippen molar-refractivity contribution in [1.82, 2.24) is 0 Å². The van der Waals surface area contributed by atoms with Gasteiger partial charge in [0, 0.05) is 24.3 Å². The second-order valence-electron chi connectivity index (χ2n) is 10.3. The van der Waals surface area contributed by atoms with Crippen molar-refractivity contribution in [3.05, 3.63) is 23.3 Å². The molecular weight excluding hydrogens is 410 g/mol. The molecule has 2 bridgehead atoms. The molecule has 2 aliphatic heterocycles. The number of aliphatic hydroxyl groups excluding tert-OH is 1. The van der Waals surface area contributed by atoms with Crippen LogP contribution in [-0.2, 0) is 22.2 Å². The Hall–Kier alpha value is -1.39. The van der Waals surface area contributed by atoms with Gasteiger partial charge in [0.25, 0.3) is 0 Å². The summed E-state index contributed by atoms with van der Waals surface area (Å²) in [4.78, 5) is 0. The molecule has 1 aromatic carbocycles. The molecule has 2 saturated carbocycles. The molecule has 1 saturated heterocycles. The minimum Gasteiger partial charge on any atom is -0.482 e. The number of hydrogen-bond donors (Lipinski definition) is 3. The maximum absolute atomic E-state index is 12.3. The average molecular weight is 439 g/mol. The van der Waals surface area contributed by atoms with Crippen LogP contribution in [0.3, 0.4) is 0 Å². The van der Waals surface area contributed by atoms with E-state index in [9.17, 15) is 23.2 Å². The Labute approximate surface area is 175 Å². The van der Waals surface area contributed by atoms with Gasteiger partial charge in [-0.15, -0.1) is 0 Å². The van der Waals surface area contributed by atoms with E-state index >= 15 is 0 Å². The standard InChI is InChI=1S/C21H27NO7S/c1-22(11-12-2-3-12)9-8-20-17-13-4-5-15(29-30(25,26)27)18(17)28-19(20)14(23)6-7-21(20,24)16(22)10-13/h4-5,12,14,16,19,23-24H,2-3,6-11H2,1H3/p+1/t14?,16-,19-,20-,21+,22+/m0/s1. The van der Waals surface area contributed by atoms with Gasteiger partial charge < -0.3 is 23.6 Å². The lowest BCUT2D eigenvalue weighted by Gasteiger charge is -2.65. The molecule has 2 heterocycles. The number of hydrogen-bond acceptors (Lipinski definition) is 6. The number of ether oxygens (including phenoxy) is 1. The molecule has 8 nitrogen and oxygen atoms in total. The van der Waals surface area contributed by atoms with E-state index in [4.69, 9.17) is 8.92 Å². The number of likely N-dealkylation sites (N-methyl/N-ethyl adjacent to an activating group) is 1. The van der Waals surface area contributed by atoms with Crippen LogP contribution in [0.4, 0.5) is 0 Å². The van der Waals surface area contributed by atoms with Crippen LogP contribution in [0.2, 0.25) is 0 Å². The number of piperidine rings is 1. The van der Waals surface area contributed by atoms with Gasteiger partial charge in [0.2, 0.25) is 0 Å². The third-order valence-electron chi connectivity index (χ3n) is 8.63. The summed E-state index contributed by atoms with van der Waals surface area (Å²) < 4.78 is 43.8. The Balaban J connectivity index is 1.56. The van der Waals surface area contributed by atoms with Crippen molar-refractivity contribution in [2.75, 3.05) is 20.1 Å². The Morgan fingerprint density at radius 3 is 2.73 bits per heavy atom. The summed E-state index contributed by atoms with van der Waals surface area (Å²) in [6.07, 6.45) is 3.33. The van der Waals surface area contributed by atoms with E-state index < -0.39 is 33.6 Å². The van der Waals surface area contributed by atoms with Gasteiger partial charge in [-0.3, -0.25) is 4.55 Å². The van der Waals surface area contributed by atoms with E-state index in [-0.39, 0.29) is 17.5 Å². The quantitative estimate of drug-likeness (QED) is 0.474. The fourth-order valence-electron chi connectivity index (χ4n) is 7.30. The summed E-state index contributed by atoms with van der Waals surface area (Å²) in [5.74, 6) is 0.875. The van der Waals surface area contributed by atoms with Crippen LogP contribution in [0, 0.1) is 5.92 Å². The molecule has 1 aromatic rings. The van der Waals surface area contributed by atoms with E-state index in [0.29, 0.717) is 25.7 Å². The van der Waals surface area contributed by atoms with Crippen molar-refractivity contribution in [3.63, 3.8) is 0 Å². The largest absolute Gasteiger partial charge is 0.482 e. The van der Waals surface area contributed by atoms with Gasteiger partial charge in [-0.25, -0.2) is 0 Å². The summed E-state index contributed by atoms with van der Waals surface area (Å²) in [7, 11) is -2.47. The summed E-state index contributed by atoms with van der Waals surface area (Å²) in [6, 6.07) is 3.33. The van der Waals surface area contributed by atoms with Crippen molar-refractivity contribution < 1.29 is 36.6 Å². The van der Waals surface area contributed by atoms with Crippen molar-refractivity contribution in [3.8, 4) is 11.5 Å². The van der Waals surface area contributed by atoms with Crippen molar-refractivity contribution in [1.29, 1.82) is 0 Å². The Morgan fingerprint density at radius 2 is 2.03 bits per heavy atom. The third-order valence-corrected chi connectivity index (χ3v) is 9.02. The SMILES string of the molecule is C[N@+]1(CC2CC2)CC[C@]23c4c5ccc(OS(=O)(=O)O)c4O[C@H]2C(O)CC[C@@]3(O)[C@@H]1C5. The number of likely N-dealkylation sites (tertiary alicyclic amines) is 1. The lowest BCUT2D eigenvalue weighted by atomic mass is 9.48. The lowest BCUT2D eigenvalue weighted by Crippen LogP contribution is -2.81. The fourth-order valence-corrected chi connectivity index (χ4v) is 7.66. The molecule has 3 fully saturated rings. The second-order valence-corrected chi connectivity index (χ2v) is 11.3. The molecule has 3 aliphatic carbocycles. The molecule has 6 atom stereocenters. The van der Waals surface area contributed by atoms with Crippen LogP contribution >= 0.6 is 0 Å². The van der Waals surface area contributed by atoms with Crippen LogP contribution in [0.5, 0.6) is 11.5 Å². The molecular formula is C21H28NO7S+. The van der Waals surface area contributed by atoms with Gasteiger partial charge in [-0.05, 0) is 37.3 Å². The first-order valence-electron chi connectivity index (χ1n) is 10.8. The molecule has 0 amide bonds. The second kappa shape index (κ2) is 5.69. The van der Waals surface area contributed by atoms with Crippen LogP contribution in [-0.4, -0.2) is 71.7 Å². The Kier molecular flexibility index (Phi) is 3.66. The maximum atomic E-state index is 12.3. The molecule has 0 radical (unpaired) electrons. The Morgan fingerprint density at radius 1 is 1.27 bits per heavy atom. The highest BCUT2D eigenvalue weighted by Crippen LogP contribution is 2.66. The first-order chi connectivity index (χ1) is 14.1. The zero-order valence-electron chi connectivity index (χ0n) is 17.0. The van der Waals surface area contributed by atoms with E-state index in [0.717, 1.165) is 34.6 Å². The van der Waals surface area contributed by atoms with E-state index in [1.54, 1.807) is 0 Å². The van der Waals surface area contributed by atoms with Crippen LogP contribution in [0.25, 0.3) is 0 Å². The number of quaternary nitrogens is 1. The normalized spacial score (nSPS) is 43.7. The number of nitrogens with zero attached hydrogens (tertiary/aromatic N) is 1. The minimum absolute atomic E-state index is 0.00255. The van der Waals surface area contributed by atoms with Crippen LogP contribution < -0.4 is 8.92 Å². The highest BCUT2D eigenvalue weighted by atomic mass is 32.3. The average Bonchev–Trinajstić information content (AvgIpc) is 3.38. The summed E-state index contributed by atoms with van der Waals surface area (Å²) in [5, 5.41) is 23.2. The third kappa shape index (κ3) is 2.33. The van der Waals surface area contributed by atoms with Gasteiger partial charge in [-0.2, -0.15) is 8.42 Å². The van der Waals surface area contributed by atoms with E-state index in [1.807, 2.05) is 6.07 Å². The summed E-state index contributed by atoms with van der Waals surface area (Å²) in [6.45, 7) is 1.93. The lowest BCUT2D eigenvalue weighted by molar-refractivity contribution is -0.950. The molecule has 5 aliphatic rings. The predicted octanol–water partition coefficient (Wildman–Crippen LogP) is 0.938. The molecule has 9 heteroatoms. The molecule has 1 spiro atoms. The van der Waals surface area contributed by atoms with E-state index in [1.165, 1.54) is 18.9 Å². The van der Waals surface area contributed by atoms with Gasteiger partial charge in [-0.1, -0.05) is 6.07 Å². The molecule has 3 N–H and O–H groups in total. The maximum Gasteiger partial charge on any atom is 0.446 e. The van der Waals surface area contributed by atoms with Crippen LogP contribution in [0.15, 0.2) is 12.1 Å². The molecule has 164 valence electrons. The predicted molar refractivity (Wildman–Crippen MR) is 106 cm³/mol.